The van der Waals surface area contributed by atoms with E-state index in [0.717, 1.165) is 25.2 Å². The monoisotopic (exact) mass is 374 g/mol. The second kappa shape index (κ2) is 8.08. The number of anilines is 4. The van der Waals surface area contributed by atoms with Crippen molar-refractivity contribution < 1.29 is 9.53 Å². The number of benzene rings is 2. The predicted molar refractivity (Wildman–Crippen MR) is 109 cm³/mol. The largest absolute Gasteiger partial charge is 0.462 e. The second-order valence-electron chi connectivity index (χ2n) is 6.51. The maximum atomic E-state index is 12.2. The molecule has 0 bridgehead atoms. The van der Waals surface area contributed by atoms with Gasteiger partial charge in [0.1, 0.15) is 5.82 Å². The summed E-state index contributed by atoms with van der Waals surface area (Å²) in [6, 6.07) is 17.5. The van der Waals surface area contributed by atoms with Crippen molar-refractivity contribution in [2.45, 2.75) is 19.8 Å². The molecule has 0 spiro atoms. The molecule has 0 atom stereocenters. The summed E-state index contributed by atoms with van der Waals surface area (Å²) in [6.45, 7) is 3.03. The van der Waals surface area contributed by atoms with E-state index in [2.05, 4.69) is 38.4 Å². The molecule has 0 saturated carbocycles. The van der Waals surface area contributed by atoms with Crippen molar-refractivity contribution in [3.63, 3.8) is 0 Å². The van der Waals surface area contributed by atoms with E-state index in [1.54, 1.807) is 25.3 Å². The standard InChI is InChI=1S/C22H22N4O2/c1-2-28-21(27)17-10-4-5-11-18(17)24-22-23-14-13-20(25-22)26-15-7-9-16-8-3-6-12-19(16)26/h3-6,8,10-14H,2,7,9,15H2,1H3,(H,23,24,25). The van der Waals surface area contributed by atoms with Crippen molar-refractivity contribution in [2.75, 3.05) is 23.4 Å². The van der Waals surface area contributed by atoms with Gasteiger partial charge in [-0.25, -0.2) is 9.78 Å². The average molecular weight is 374 g/mol. The van der Waals surface area contributed by atoms with Gasteiger partial charge in [-0.1, -0.05) is 30.3 Å². The second-order valence-corrected chi connectivity index (χ2v) is 6.51. The summed E-state index contributed by atoms with van der Waals surface area (Å²) in [4.78, 5) is 23.4. The molecule has 2 heterocycles. The van der Waals surface area contributed by atoms with Crippen LogP contribution in [-0.2, 0) is 11.2 Å². The van der Waals surface area contributed by atoms with Gasteiger partial charge < -0.3 is 15.0 Å². The Morgan fingerprint density at radius 3 is 2.86 bits per heavy atom. The quantitative estimate of drug-likeness (QED) is 0.664. The normalized spacial score (nSPS) is 13.0. The van der Waals surface area contributed by atoms with Crippen LogP contribution in [0.25, 0.3) is 0 Å². The number of carbonyl (C=O) groups excluding carboxylic acids is 1. The van der Waals surface area contributed by atoms with Crippen LogP contribution in [0.15, 0.2) is 60.8 Å². The molecule has 0 fully saturated rings. The number of aryl methyl sites for hydroxylation is 1. The van der Waals surface area contributed by atoms with Gasteiger partial charge in [-0.15, -0.1) is 0 Å². The van der Waals surface area contributed by atoms with E-state index < -0.39 is 0 Å². The van der Waals surface area contributed by atoms with Crippen LogP contribution in [0.2, 0.25) is 0 Å². The molecule has 0 unspecified atom stereocenters. The molecule has 1 aliphatic heterocycles. The number of para-hydroxylation sites is 2. The number of aromatic nitrogens is 2. The molecule has 0 radical (unpaired) electrons. The van der Waals surface area contributed by atoms with Gasteiger partial charge in [0.25, 0.3) is 0 Å². The third kappa shape index (κ3) is 3.67. The Bertz CT molecular complexity index is 990. The maximum Gasteiger partial charge on any atom is 0.340 e. The van der Waals surface area contributed by atoms with Gasteiger partial charge in [-0.2, -0.15) is 4.98 Å². The first-order chi connectivity index (χ1) is 13.8. The van der Waals surface area contributed by atoms with Crippen molar-refractivity contribution >= 4 is 29.1 Å². The van der Waals surface area contributed by atoms with Crippen LogP contribution in [0.3, 0.4) is 0 Å². The number of nitrogens with zero attached hydrogens (tertiary/aromatic N) is 3. The first-order valence-corrected chi connectivity index (χ1v) is 9.48. The first-order valence-electron chi connectivity index (χ1n) is 9.48. The predicted octanol–water partition coefficient (Wildman–Crippen LogP) is 4.48. The summed E-state index contributed by atoms with van der Waals surface area (Å²) in [6.07, 6.45) is 3.89. The number of hydrogen-bond donors (Lipinski definition) is 1. The molecule has 142 valence electrons. The van der Waals surface area contributed by atoms with Crippen LogP contribution in [0.5, 0.6) is 0 Å². The lowest BCUT2D eigenvalue weighted by molar-refractivity contribution is 0.0527. The minimum absolute atomic E-state index is 0.327. The van der Waals surface area contributed by atoms with E-state index in [1.807, 2.05) is 24.3 Å². The Hall–Kier alpha value is -3.41. The molecule has 6 heteroatoms. The number of fused-ring (bicyclic) bond motifs is 1. The van der Waals surface area contributed by atoms with E-state index in [0.29, 0.717) is 23.8 Å². The Kier molecular flexibility index (Phi) is 5.19. The molecule has 0 amide bonds. The highest BCUT2D eigenvalue weighted by Gasteiger charge is 2.19. The number of hydrogen-bond acceptors (Lipinski definition) is 6. The smallest absolute Gasteiger partial charge is 0.340 e. The third-order valence-electron chi connectivity index (χ3n) is 4.70. The van der Waals surface area contributed by atoms with E-state index in [1.165, 1.54) is 11.3 Å². The summed E-state index contributed by atoms with van der Waals surface area (Å²) in [7, 11) is 0. The fourth-order valence-electron chi connectivity index (χ4n) is 3.43. The van der Waals surface area contributed by atoms with Crippen LogP contribution in [-0.4, -0.2) is 29.1 Å². The molecule has 3 aromatic rings. The number of nitrogens with one attached hydrogen (secondary N) is 1. The van der Waals surface area contributed by atoms with Gasteiger partial charge in [0.05, 0.1) is 17.9 Å². The van der Waals surface area contributed by atoms with Gasteiger partial charge >= 0.3 is 5.97 Å². The summed E-state index contributed by atoms with van der Waals surface area (Å²) in [5.74, 6) is 0.905. The van der Waals surface area contributed by atoms with Gasteiger partial charge in [-0.05, 0) is 49.6 Å². The van der Waals surface area contributed by atoms with Gasteiger partial charge in [0, 0.05) is 18.4 Å². The highest BCUT2D eigenvalue weighted by molar-refractivity contribution is 5.96. The van der Waals surface area contributed by atoms with Gasteiger partial charge in [-0.3, -0.25) is 0 Å². The number of esters is 1. The zero-order chi connectivity index (χ0) is 19.3. The Morgan fingerprint density at radius 1 is 1.14 bits per heavy atom. The molecule has 1 aliphatic rings. The maximum absolute atomic E-state index is 12.2. The topological polar surface area (TPSA) is 67.3 Å². The van der Waals surface area contributed by atoms with Crippen LogP contribution in [0.1, 0.15) is 29.3 Å². The summed E-state index contributed by atoms with van der Waals surface area (Å²) in [5, 5.41) is 3.17. The zero-order valence-corrected chi connectivity index (χ0v) is 15.8. The number of ether oxygens (including phenoxy) is 1. The van der Waals surface area contributed by atoms with Gasteiger partial charge in [0.15, 0.2) is 0 Å². The van der Waals surface area contributed by atoms with Crippen LogP contribution < -0.4 is 10.2 Å². The minimum Gasteiger partial charge on any atom is -0.462 e. The molecular formula is C22H22N4O2. The third-order valence-corrected chi connectivity index (χ3v) is 4.70. The van der Waals surface area contributed by atoms with Crippen LogP contribution >= 0.6 is 0 Å². The van der Waals surface area contributed by atoms with Crippen molar-refractivity contribution in [3.05, 3.63) is 71.9 Å². The lowest BCUT2D eigenvalue weighted by atomic mass is 10.0. The lowest BCUT2D eigenvalue weighted by Crippen LogP contribution is -2.25. The fraction of sp³-hybridized carbons (Fsp3) is 0.227. The van der Waals surface area contributed by atoms with E-state index in [4.69, 9.17) is 4.74 Å². The number of rotatable bonds is 5. The molecule has 28 heavy (non-hydrogen) atoms. The lowest BCUT2D eigenvalue weighted by Gasteiger charge is -2.30. The fourth-order valence-corrected chi connectivity index (χ4v) is 3.43. The van der Waals surface area contributed by atoms with E-state index in [-0.39, 0.29) is 5.97 Å². The zero-order valence-electron chi connectivity index (χ0n) is 15.8. The average Bonchev–Trinajstić information content (AvgIpc) is 2.74. The molecule has 4 rings (SSSR count). The highest BCUT2D eigenvalue weighted by Crippen LogP contribution is 2.32. The molecule has 2 aromatic carbocycles. The Balaban J connectivity index is 1.62. The van der Waals surface area contributed by atoms with Crippen molar-refractivity contribution in [1.82, 2.24) is 9.97 Å². The molecule has 1 aromatic heterocycles. The Morgan fingerprint density at radius 2 is 1.96 bits per heavy atom. The summed E-state index contributed by atoms with van der Waals surface area (Å²) < 4.78 is 5.14. The molecule has 0 aliphatic carbocycles. The van der Waals surface area contributed by atoms with Crippen LogP contribution in [0, 0.1) is 0 Å². The first kappa shape index (κ1) is 18.0. The van der Waals surface area contributed by atoms with Crippen molar-refractivity contribution in [1.29, 1.82) is 0 Å². The van der Waals surface area contributed by atoms with E-state index in [9.17, 15) is 4.79 Å². The van der Waals surface area contributed by atoms with Crippen LogP contribution in [0.4, 0.5) is 23.1 Å². The minimum atomic E-state index is -0.369. The summed E-state index contributed by atoms with van der Waals surface area (Å²) in [5.41, 5.74) is 3.60. The molecule has 0 saturated heterocycles. The van der Waals surface area contributed by atoms with E-state index >= 15 is 0 Å². The molecule has 1 N–H and O–H groups in total. The van der Waals surface area contributed by atoms with Crippen molar-refractivity contribution in [3.8, 4) is 0 Å². The number of carbonyl (C=O) groups is 1. The Labute approximate surface area is 164 Å². The highest BCUT2D eigenvalue weighted by atomic mass is 16.5. The SMILES string of the molecule is CCOC(=O)c1ccccc1Nc1nccc(N2CCCc3ccccc32)n1. The molecular weight excluding hydrogens is 352 g/mol. The molecule has 6 nitrogen and oxygen atoms in total. The van der Waals surface area contributed by atoms with Gasteiger partial charge in [0.2, 0.25) is 5.95 Å². The summed E-state index contributed by atoms with van der Waals surface area (Å²) >= 11 is 0. The van der Waals surface area contributed by atoms with Crippen molar-refractivity contribution in [2.24, 2.45) is 0 Å².